The van der Waals surface area contributed by atoms with Crippen molar-refractivity contribution in [3.63, 3.8) is 0 Å². The van der Waals surface area contributed by atoms with E-state index in [2.05, 4.69) is 14.9 Å². The molecule has 0 saturated carbocycles. The van der Waals surface area contributed by atoms with Crippen LogP contribution in [0, 0.1) is 0 Å². The molecule has 108 valence electrons. The molecule has 0 radical (unpaired) electrons. The first-order valence-corrected chi connectivity index (χ1v) is 7.81. The molecule has 0 amide bonds. The van der Waals surface area contributed by atoms with E-state index in [4.69, 9.17) is 16.3 Å². The topological polar surface area (TPSA) is 41.2 Å². The average Bonchev–Trinajstić information content (AvgIpc) is 2.92. The predicted octanol–water partition coefficient (Wildman–Crippen LogP) is 2.58. The van der Waals surface area contributed by atoms with Crippen molar-refractivity contribution in [1.82, 2.24) is 14.9 Å². The summed E-state index contributed by atoms with van der Waals surface area (Å²) in [5.74, 6) is 1.59. The largest absolute Gasteiger partial charge is 0.379 e. The second kappa shape index (κ2) is 8.56. The van der Waals surface area contributed by atoms with Crippen molar-refractivity contribution < 1.29 is 4.74 Å². The molecule has 1 saturated heterocycles. The Labute approximate surface area is 120 Å². The molecule has 0 atom stereocenters. The van der Waals surface area contributed by atoms with E-state index in [9.17, 15) is 0 Å². The van der Waals surface area contributed by atoms with E-state index in [0.29, 0.717) is 5.88 Å². The van der Waals surface area contributed by atoms with Gasteiger partial charge in [0.05, 0.1) is 19.1 Å². The van der Waals surface area contributed by atoms with Crippen molar-refractivity contribution in [3.8, 4) is 0 Å². The molecule has 1 fully saturated rings. The molecule has 0 aromatic carbocycles. The number of nitrogens with zero attached hydrogens (tertiary/aromatic N) is 2. The summed E-state index contributed by atoms with van der Waals surface area (Å²) in [6, 6.07) is 0. The number of aromatic nitrogens is 2. The number of hydrogen-bond donors (Lipinski definition) is 1. The third-order valence-corrected chi connectivity index (χ3v) is 3.85. The highest BCUT2D eigenvalue weighted by Crippen LogP contribution is 2.08. The fourth-order valence-electron chi connectivity index (χ4n) is 2.41. The van der Waals surface area contributed by atoms with E-state index in [0.717, 1.165) is 44.2 Å². The minimum atomic E-state index is 0.520. The molecule has 1 N–H and O–H groups in total. The molecule has 4 nitrogen and oxygen atoms in total. The number of ether oxygens (including phenoxy) is 1. The van der Waals surface area contributed by atoms with Crippen LogP contribution in [0.4, 0.5) is 0 Å². The number of aromatic amines is 1. The normalized spacial score (nSPS) is 16.9. The molecule has 0 spiro atoms. The van der Waals surface area contributed by atoms with Crippen molar-refractivity contribution in [2.45, 2.75) is 38.0 Å². The van der Waals surface area contributed by atoms with E-state index in [1.54, 1.807) is 0 Å². The van der Waals surface area contributed by atoms with Crippen molar-refractivity contribution in [1.29, 1.82) is 0 Å². The molecule has 2 rings (SSSR count). The van der Waals surface area contributed by atoms with Gasteiger partial charge in [0.15, 0.2) is 0 Å². The van der Waals surface area contributed by atoms with Crippen molar-refractivity contribution >= 4 is 11.6 Å². The first kappa shape index (κ1) is 14.8. The molecular weight excluding hydrogens is 262 g/mol. The number of morpholine rings is 1. The van der Waals surface area contributed by atoms with Crippen molar-refractivity contribution in [2.24, 2.45) is 0 Å². The van der Waals surface area contributed by atoms with Gasteiger partial charge in [0.1, 0.15) is 5.82 Å². The quantitative estimate of drug-likeness (QED) is 0.590. The highest BCUT2D eigenvalue weighted by molar-refractivity contribution is 6.16. The lowest BCUT2D eigenvalue weighted by molar-refractivity contribution is 0.0371. The van der Waals surface area contributed by atoms with E-state index in [1.165, 1.54) is 32.2 Å². The zero-order valence-electron chi connectivity index (χ0n) is 11.5. The molecular formula is C14H24ClN3O. The van der Waals surface area contributed by atoms with Gasteiger partial charge in [-0.25, -0.2) is 4.98 Å². The van der Waals surface area contributed by atoms with Crippen molar-refractivity contribution in [2.75, 3.05) is 32.8 Å². The lowest BCUT2D eigenvalue weighted by Gasteiger charge is -2.26. The first-order chi connectivity index (χ1) is 9.38. The summed E-state index contributed by atoms with van der Waals surface area (Å²) in [5.41, 5.74) is 1.02. The number of rotatable bonds is 8. The molecule has 1 aliphatic heterocycles. The fraction of sp³-hybridized carbons (Fsp3) is 0.786. The summed E-state index contributed by atoms with van der Waals surface area (Å²) in [5, 5.41) is 0. The number of alkyl halides is 1. The van der Waals surface area contributed by atoms with Gasteiger partial charge in [0.2, 0.25) is 0 Å². The number of nitrogens with one attached hydrogen (secondary N) is 1. The summed E-state index contributed by atoms with van der Waals surface area (Å²) in [7, 11) is 0. The number of imidazole rings is 1. The van der Waals surface area contributed by atoms with Crippen LogP contribution in [-0.2, 0) is 17.0 Å². The van der Waals surface area contributed by atoms with Crippen LogP contribution in [0.25, 0.3) is 0 Å². The number of aryl methyl sites for hydroxylation is 1. The van der Waals surface area contributed by atoms with Crippen LogP contribution >= 0.6 is 11.6 Å². The van der Waals surface area contributed by atoms with E-state index >= 15 is 0 Å². The Morgan fingerprint density at radius 3 is 2.74 bits per heavy atom. The lowest BCUT2D eigenvalue weighted by Crippen LogP contribution is -2.36. The summed E-state index contributed by atoms with van der Waals surface area (Å²) in [6.45, 7) is 5.24. The van der Waals surface area contributed by atoms with Gasteiger partial charge < -0.3 is 9.72 Å². The third-order valence-electron chi connectivity index (χ3n) is 3.57. The van der Waals surface area contributed by atoms with Crippen molar-refractivity contribution in [3.05, 3.63) is 17.7 Å². The summed E-state index contributed by atoms with van der Waals surface area (Å²) in [4.78, 5) is 10.1. The molecule has 1 aliphatic rings. The minimum absolute atomic E-state index is 0.520. The highest BCUT2D eigenvalue weighted by atomic mass is 35.5. The SMILES string of the molecule is ClCc1cnc(CCCCCCN2CCOCC2)[nH]1. The van der Waals surface area contributed by atoms with Crippen LogP contribution in [0.1, 0.15) is 37.2 Å². The number of hydrogen-bond acceptors (Lipinski definition) is 3. The maximum atomic E-state index is 5.73. The monoisotopic (exact) mass is 285 g/mol. The Hall–Kier alpha value is -0.580. The van der Waals surface area contributed by atoms with Gasteiger partial charge in [-0.05, 0) is 19.4 Å². The number of unbranched alkanes of at least 4 members (excludes halogenated alkanes) is 3. The second-order valence-corrected chi connectivity index (χ2v) is 5.37. The molecule has 5 heteroatoms. The molecule has 0 unspecified atom stereocenters. The van der Waals surface area contributed by atoms with E-state index in [-0.39, 0.29) is 0 Å². The Kier molecular flexibility index (Phi) is 6.68. The summed E-state index contributed by atoms with van der Waals surface area (Å²) < 4.78 is 5.34. The van der Waals surface area contributed by atoms with Crippen LogP contribution in [0.5, 0.6) is 0 Å². The van der Waals surface area contributed by atoms with Gasteiger partial charge in [-0.3, -0.25) is 4.90 Å². The second-order valence-electron chi connectivity index (χ2n) is 5.11. The summed E-state index contributed by atoms with van der Waals surface area (Å²) in [6.07, 6.45) is 7.96. The molecule has 19 heavy (non-hydrogen) atoms. The third kappa shape index (κ3) is 5.51. The first-order valence-electron chi connectivity index (χ1n) is 7.27. The van der Waals surface area contributed by atoms with Crippen LogP contribution in [0.2, 0.25) is 0 Å². The van der Waals surface area contributed by atoms with Gasteiger partial charge in [-0.1, -0.05) is 12.8 Å². The van der Waals surface area contributed by atoms with Crippen LogP contribution < -0.4 is 0 Å². The smallest absolute Gasteiger partial charge is 0.106 e. The molecule has 1 aromatic heterocycles. The Bertz CT molecular complexity index is 350. The number of halogens is 1. The standard InChI is InChI=1S/C14H24ClN3O/c15-11-13-12-16-14(17-13)5-3-1-2-4-6-18-7-9-19-10-8-18/h12H,1-11H2,(H,16,17). The molecule has 0 bridgehead atoms. The maximum absolute atomic E-state index is 5.73. The van der Waals surface area contributed by atoms with Gasteiger partial charge in [0.25, 0.3) is 0 Å². The Balaban J connectivity index is 1.47. The van der Waals surface area contributed by atoms with Gasteiger partial charge in [-0.15, -0.1) is 11.6 Å². The zero-order chi connectivity index (χ0) is 13.3. The number of H-pyrrole nitrogens is 1. The van der Waals surface area contributed by atoms with E-state index < -0.39 is 0 Å². The average molecular weight is 286 g/mol. The lowest BCUT2D eigenvalue weighted by atomic mass is 10.1. The predicted molar refractivity (Wildman–Crippen MR) is 77.6 cm³/mol. The molecule has 1 aromatic rings. The zero-order valence-corrected chi connectivity index (χ0v) is 12.3. The van der Waals surface area contributed by atoms with Crippen LogP contribution in [0.15, 0.2) is 6.20 Å². The Morgan fingerprint density at radius 2 is 2.00 bits per heavy atom. The van der Waals surface area contributed by atoms with Crippen LogP contribution in [-0.4, -0.2) is 47.7 Å². The van der Waals surface area contributed by atoms with Crippen LogP contribution in [0.3, 0.4) is 0 Å². The highest BCUT2D eigenvalue weighted by Gasteiger charge is 2.08. The van der Waals surface area contributed by atoms with Gasteiger partial charge in [0, 0.05) is 31.4 Å². The van der Waals surface area contributed by atoms with Gasteiger partial charge in [-0.2, -0.15) is 0 Å². The molecule has 2 heterocycles. The Morgan fingerprint density at radius 1 is 1.21 bits per heavy atom. The van der Waals surface area contributed by atoms with Gasteiger partial charge >= 0.3 is 0 Å². The fourth-order valence-corrected chi connectivity index (χ4v) is 2.54. The maximum Gasteiger partial charge on any atom is 0.106 e. The molecule has 0 aliphatic carbocycles. The minimum Gasteiger partial charge on any atom is -0.379 e. The van der Waals surface area contributed by atoms with E-state index in [1.807, 2.05) is 6.20 Å². The summed E-state index contributed by atoms with van der Waals surface area (Å²) >= 11 is 5.73.